The van der Waals surface area contributed by atoms with Gasteiger partial charge in [0, 0.05) is 12.4 Å². The van der Waals surface area contributed by atoms with Crippen molar-refractivity contribution in [3.8, 4) is 11.3 Å². The summed E-state index contributed by atoms with van der Waals surface area (Å²) in [5.41, 5.74) is 3.26. The van der Waals surface area contributed by atoms with Crippen LogP contribution in [0.15, 0.2) is 35.4 Å². The molecule has 2 N–H and O–H groups in total. The number of aromatic amines is 1. The van der Waals surface area contributed by atoms with Crippen LogP contribution in [0.25, 0.3) is 16.9 Å². The van der Waals surface area contributed by atoms with Gasteiger partial charge in [-0.1, -0.05) is 12.1 Å². The maximum Gasteiger partial charge on any atom is 0.356 e. The fourth-order valence-electron chi connectivity index (χ4n) is 2.17. The standard InChI is InChI=1S/C15H13N3O3/c1-8-3-4-10(5-9(8)2)11-6-18-7-12(15(20)21)16-13(18)14(19)17-11/h3-7H,1-2H3,(H,17,19)(H,20,21). The Balaban J connectivity index is 2.22. The van der Waals surface area contributed by atoms with Crippen molar-refractivity contribution in [2.75, 3.05) is 0 Å². The number of hydrogen-bond donors (Lipinski definition) is 2. The van der Waals surface area contributed by atoms with E-state index in [-0.39, 0.29) is 11.3 Å². The average Bonchev–Trinajstić information content (AvgIpc) is 2.86. The molecule has 0 aliphatic rings. The summed E-state index contributed by atoms with van der Waals surface area (Å²) in [4.78, 5) is 29.5. The summed E-state index contributed by atoms with van der Waals surface area (Å²) in [6.45, 7) is 4.01. The van der Waals surface area contributed by atoms with E-state index in [1.54, 1.807) is 6.20 Å². The number of nitrogens with zero attached hydrogens (tertiary/aromatic N) is 2. The highest BCUT2D eigenvalue weighted by Gasteiger charge is 2.12. The third kappa shape index (κ3) is 2.20. The zero-order valence-electron chi connectivity index (χ0n) is 11.5. The van der Waals surface area contributed by atoms with Gasteiger partial charge in [-0.25, -0.2) is 9.78 Å². The van der Waals surface area contributed by atoms with E-state index in [0.717, 1.165) is 16.7 Å². The van der Waals surface area contributed by atoms with Gasteiger partial charge in [-0.15, -0.1) is 0 Å². The Hall–Kier alpha value is -2.89. The summed E-state index contributed by atoms with van der Waals surface area (Å²) < 4.78 is 1.44. The van der Waals surface area contributed by atoms with Crippen LogP contribution in [0.3, 0.4) is 0 Å². The van der Waals surface area contributed by atoms with Crippen molar-refractivity contribution in [2.45, 2.75) is 13.8 Å². The van der Waals surface area contributed by atoms with Gasteiger partial charge in [-0.05, 0) is 36.6 Å². The summed E-state index contributed by atoms with van der Waals surface area (Å²) in [7, 11) is 0. The minimum Gasteiger partial charge on any atom is -0.476 e. The molecule has 1 aromatic carbocycles. The van der Waals surface area contributed by atoms with Crippen LogP contribution in [0.5, 0.6) is 0 Å². The van der Waals surface area contributed by atoms with Crippen LogP contribution in [0.2, 0.25) is 0 Å². The van der Waals surface area contributed by atoms with Gasteiger partial charge in [0.25, 0.3) is 5.56 Å². The van der Waals surface area contributed by atoms with Gasteiger partial charge in [0.15, 0.2) is 5.69 Å². The van der Waals surface area contributed by atoms with Crippen LogP contribution < -0.4 is 5.56 Å². The number of rotatable bonds is 2. The minimum absolute atomic E-state index is 0.0694. The number of carboxylic acids is 1. The Morgan fingerprint density at radius 1 is 1.24 bits per heavy atom. The number of aryl methyl sites for hydroxylation is 2. The van der Waals surface area contributed by atoms with Crippen molar-refractivity contribution >= 4 is 11.6 Å². The van der Waals surface area contributed by atoms with E-state index in [2.05, 4.69) is 9.97 Å². The molecule has 106 valence electrons. The molecular formula is C15H13N3O3. The Labute approximate surface area is 119 Å². The van der Waals surface area contributed by atoms with Crippen molar-refractivity contribution in [1.82, 2.24) is 14.4 Å². The number of carbonyl (C=O) groups is 1. The van der Waals surface area contributed by atoms with Crippen LogP contribution in [-0.4, -0.2) is 25.4 Å². The summed E-state index contributed by atoms with van der Waals surface area (Å²) in [6, 6.07) is 5.86. The largest absolute Gasteiger partial charge is 0.476 e. The van der Waals surface area contributed by atoms with E-state index in [9.17, 15) is 9.59 Å². The molecule has 0 atom stereocenters. The molecule has 0 saturated heterocycles. The van der Waals surface area contributed by atoms with Gasteiger partial charge in [0.05, 0.1) is 5.69 Å². The third-order valence-electron chi connectivity index (χ3n) is 3.49. The second-order valence-corrected chi connectivity index (χ2v) is 4.96. The van der Waals surface area contributed by atoms with Gasteiger partial charge in [-0.3, -0.25) is 9.20 Å². The summed E-state index contributed by atoms with van der Waals surface area (Å²) >= 11 is 0. The number of aromatic nitrogens is 3. The molecule has 0 fully saturated rings. The molecule has 3 rings (SSSR count). The van der Waals surface area contributed by atoms with E-state index in [1.807, 2.05) is 32.0 Å². The van der Waals surface area contributed by atoms with Crippen molar-refractivity contribution in [3.63, 3.8) is 0 Å². The van der Waals surface area contributed by atoms with Gasteiger partial charge in [0.1, 0.15) is 0 Å². The highest BCUT2D eigenvalue weighted by Crippen LogP contribution is 2.19. The van der Waals surface area contributed by atoms with Crippen LogP contribution in [0.1, 0.15) is 21.6 Å². The van der Waals surface area contributed by atoms with Gasteiger partial charge < -0.3 is 10.1 Å². The molecule has 2 aromatic heterocycles. The lowest BCUT2D eigenvalue weighted by molar-refractivity contribution is 0.0691. The van der Waals surface area contributed by atoms with Crippen molar-refractivity contribution in [1.29, 1.82) is 0 Å². The predicted molar refractivity (Wildman–Crippen MR) is 77.7 cm³/mol. The molecule has 3 aromatic rings. The number of aromatic carboxylic acids is 1. The summed E-state index contributed by atoms with van der Waals surface area (Å²) in [5.74, 6) is -1.16. The van der Waals surface area contributed by atoms with Crippen molar-refractivity contribution in [2.24, 2.45) is 0 Å². The maximum absolute atomic E-state index is 12.0. The SMILES string of the molecule is Cc1ccc(-c2cn3cc(C(=O)O)nc3c(=O)[nH]2)cc1C. The van der Waals surface area contributed by atoms with E-state index in [0.29, 0.717) is 5.69 Å². The lowest BCUT2D eigenvalue weighted by Gasteiger charge is -2.06. The van der Waals surface area contributed by atoms with Gasteiger partial charge in [0.2, 0.25) is 5.65 Å². The monoisotopic (exact) mass is 283 g/mol. The topological polar surface area (TPSA) is 87.5 Å². The van der Waals surface area contributed by atoms with Crippen LogP contribution >= 0.6 is 0 Å². The fraction of sp³-hybridized carbons (Fsp3) is 0.133. The zero-order valence-corrected chi connectivity index (χ0v) is 11.5. The molecular weight excluding hydrogens is 270 g/mol. The molecule has 6 heteroatoms. The molecule has 0 aliphatic carbocycles. The Morgan fingerprint density at radius 2 is 2.00 bits per heavy atom. The van der Waals surface area contributed by atoms with E-state index in [4.69, 9.17) is 5.11 Å². The number of fused-ring (bicyclic) bond motifs is 1. The van der Waals surface area contributed by atoms with Gasteiger partial charge in [-0.2, -0.15) is 0 Å². The third-order valence-corrected chi connectivity index (χ3v) is 3.49. The molecule has 2 heterocycles. The summed E-state index contributed by atoms with van der Waals surface area (Å²) in [6.07, 6.45) is 3.00. The first-order valence-electron chi connectivity index (χ1n) is 6.38. The Kier molecular flexibility index (Phi) is 2.86. The average molecular weight is 283 g/mol. The highest BCUT2D eigenvalue weighted by atomic mass is 16.4. The molecule has 21 heavy (non-hydrogen) atoms. The van der Waals surface area contributed by atoms with Crippen LogP contribution in [0, 0.1) is 13.8 Å². The highest BCUT2D eigenvalue weighted by molar-refractivity contribution is 5.86. The first kappa shape index (κ1) is 13.1. The Morgan fingerprint density at radius 3 is 2.67 bits per heavy atom. The van der Waals surface area contributed by atoms with Crippen molar-refractivity contribution in [3.05, 3.63) is 57.8 Å². The number of H-pyrrole nitrogens is 1. The normalized spacial score (nSPS) is 11.0. The minimum atomic E-state index is -1.16. The van der Waals surface area contributed by atoms with Crippen molar-refractivity contribution < 1.29 is 9.90 Å². The lowest BCUT2D eigenvalue weighted by Crippen LogP contribution is -2.11. The summed E-state index contributed by atoms with van der Waals surface area (Å²) in [5, 5.41) is 8.94. The number of imidazole rings is 1. The predicted octanol–water partition coefficient (Wildman–Crippen LogP) is 2.00. The number of nitrogens with one attached hydrogen (secondary N) is 1. The molecule has 0 amide bonds. The molecule has 0 bridgehead atoms. The molecule has 0 unspecified atom stereocenters. The Bertz CT molecular complexity index is 922. The van der Waals surface area contributed by atoms with E-state index >= 15 is 0 Å². The lowest BCUT2D eigenvalue weighted by atomic mass is 10.0. The molecule has 0 spiro atoms. The van der Waals surface area contributed by atoms with Crippen LogP contribution in [-0.2, 0) is 0 Å². The quantitative estimate of drug-likeness (QED) is 0.753. The second-order valence-electron chi connectivity index (χ2n) is 4.96. The molecule has 0 radical (unpaired) electrons. The van der Waals surface area contributed by atoms with E-state index < -0.39 is 11.5 Å². The number of benzene rings is 1. The maximum atomic E-state index is 12.0. The smallest absolute Gasteiger partial charge is 0.356 e. The second kappa shape index (κ2) is 4.59. The molecule has 0 aliphatic heterocycles. The number of carboxylic acid groups (broad SMARTS) is 1. The first-order chi connectivity index (χ1) is 9.95. The number of hydrogen-bond acceptors (Lipinski definition) is 3. The van der Waals surface area contributed by atoms with E-state index in [1.165, 1.54) is 10.6 Å². The first-order valence-corrected chi connectivity index (χ1v) is 6.38. The van der Waals surface area contributed by atoms with Gasteiger partial charge >= 0.3 is 5.97 Å². The molecule has 6 nitrogen and oxygen atoms in total. The zero-order chi connectivity index (χ0) is 15.1. The fourth-order valence-corrected chi connectivity index (χ4v) is 2.17. The molecule has 0 saturated carbocycles. The van der Waals surface area contributed by atoms with Crippen LogP contribution in [0.4, 0.5) is 0 Å².